The zero-order valence-corrected chi connectivity index (χ0v) is 18.2. The summed E-state index contributed by atoms with van der Waals surface area (Å²) in [5.41, 5.74) is 1.27. The van der Waals surface area contributed by atoms with E-state index >= 15 is 0 Å². The SMILES string of the molecule is CCOC(=O)N1CCN(C2CCCN(Cc3ccc(Oc4ncccn4)cc3)C2)CC1. The predicted molar refractivity (Wildman–Crippen MR) is 117 cm³/mol. The number of nitrogens with zero attached hydrogens (tertiary/aromatic N) is 5. The predicted octanol–water partition coefficient (Wildman–Crippen LogP) is 3.01. The lowest BCUT2D eigenvalue weighted by molar-refractivity contribution is 0.0412. The number of piperidine rings is 1. The topological polar surface area (TPSA) is 71.0 Å². The van der Waals surface area contributed by atoms with Gasteiger partial charge in [-0.05, 0) is 50.1 Å². The number of amides is 1. The molecule has 0 N–H and O–H groups in total. The summed E-state index contributed by atoms with van der Waals surface area (Å²) < 4.78 is 10.8. The Kier molecular flexibility index (Phi) is 7.32. The molecule has 1 atom stereocenters. The lowest BCUT2D eigenvalue weighted by Gasteiger charge is -2.43. The standard InChI is InChI=1S/C23H31N5O3/c1-2-30-23(29)28-15-13-27(14-16-28)20-5-3-12-26(18-20)17-19-6-8-21(9-7-19)31-22-24-10-4-11-25-22/h4,6-11,20H,2-3,5,12-18H2,1H3. The molecule has 2 fully saturated rings. The number of piperazine rings is 1. The number of carbonyl (C=O) groups is 1. The molecule has 4 rings (SSSR count). The summed E-state index contributed by atoms with van der Waals surface area (Å²) in [5.74, 6) is 0.742. The van der Waals surface area contributed by atoms with Gasteiger partial charge in [0.25, 0.3) is 0 Å². The van der Waals surface area contributed by atoms with Crippen molar-refractivity contribution in [2.75, 3.05) is 45.9 Å². The first-order chi connectivity index (χ1) is 15.2. The Balaban J connectivity index is 1.26. The summed E-state index contributed by atoms with van der Waals surface area (Å²) in [4.78, 5) is 27.0. The van der Waals surface area contributed by atoms with Gasteiger partial charge in [-0.1, -0.05) is 12.1 Å². The van der Waals surface area contributed by atoms with E-state index < -0.39 is 0 Å². The van der Waals surface area contributed by atoms with Crippen LogP contribution in [-0.4, -0.2) is 82.7 Å². The highest BCUT2D eigenvalue weighted by molar-refractivity contribution is 5.67. The van der Waals surface area contributed by atoms with E-state index in [0.717, 1.165) is 51.6 Å². The first-order valence-corrected chi connectivity index (χ1v) is 11.1. The molecule has 2 aliphatic heterocycles. The smallest absolute Gasteiger partial charge is 0.409 e. The van der Waals surface area contributed by atoms with E-state index in [4.69, 9.17) is 9.47 Å². The molecule has 31 heavy (non-hydrogen) atoms. The number of likely N-dealkylation sites (tertiary alicyclic amines) is 1. The Bertz CT molecular complexity index is 825. The number of rotatable bonds is 6. The van der Waals surface area contributed by atoms with Gasteiger partial charge in [-0.3, -0.25) is 9.80 Å². The van der Waals surface area contributed by atoms with Gasteiger partial charge in [-0.2, -0.15) is 0 Å². The first-order valence-electron chi connectivity index (χ1n) is 11.1. The maximum atomic E-state index is 11.9. The summed E-state index contributed by atoms with van der Waals surface area (Å²) in [7, 11) is 0. The average Bonchev–Trinajstić information content (AvgIpc) is 2.81. The molecule has 1 aromatic carbocycles. The van der Waals surface area contributed by atoms with Crippen molar-refractivity contribution in [2.24, 2.45) is 0 Å². The second-order valence-electron chi connectivity index (χ2n) is 8.03. The van der Waals surface area contributed by atoms with Crippen molar-refractivity contribution < 1.29 is 14.3 Å². The van der Waals surface area contributed by atoms with Crippen LogP contribution in [0.5, 0.6) is 11.8 Å². The summed E-state index contributed by atoms with van der Waals surface area (Å²) in [6, 6.07) is 10.8. The molecule has 1 aromatic heterocycles. The lowest BCUT2D eigenvalue weighted by Crippen LogP contribution is -2.55. The van der Waals surface area contributed by atoms with E-state index in [1.807, 2.05) is 24.0 Å². The fourth-order valence-electron chi connectivity index (χ4n) is 4.32. The number of hydrogen-bond donors (Lipinski definition) is 0. The van der Waals surface area contributed by atoms with Crippen LogP contribution in [0.25, 0.3) is 0 Å². The van der Waals surface area contributed by atoms with Crippen LogP contribution in [0.15, 0.2) is 42.7 Å². The average molecular weight is 426 g/mol. The Morgan fingerprint density at radius 2 is 1.81 bits per heavy atom. The van der Waals surface area contributed by atoms with Crippen LogP contribution in [0, 0.1) is 0 Å². The monoisotopic (exact) mass is 425 g/mol. The van der Waals surface area contributed by atoms with Gasteiger partial charge in [0.05, 0.1) is 6.61 Å². The first kappa shape index (κ1) is 21.5. The van der Waals surface area contributed by atoms with Crippen molar-refractivity contribution >= 4 is 6.09 Å². The van der Waals surface area contributed by atoms with Gasteiger partial charge in [0.15, 0.2) is 0 Å². The fraction of sp³-hybridized carbons (Fsp3) is 0.522. The fourth-order valence-corrected chi connectivity index (χ4v) is 4.32. The van der Waals surface area contributed by atoms with E-state index in [0.29, 0.717) is 18.7 Å². The molecule has 0 bridgehead atoms. The van der Waals surface area contributed by atoms with Gasteiger partial charge in [-0.15, -0.1) is 0 Å². The molecule has 8 nitrogen and oxygen atoms in total. The van der Waals surface area contributed by atoms with Gasteiger partial charge < -0.3 is 14.4 Å². The van der Waals surface area contributed by atoms with Gasteiger partial charge in [0.1, 0.15) is 5.75 Å². The highest BCUT2D eigenvalue weighted by Gasteiger charge is 2.29. The molecule has 8 heteroatoms. The van der Waals surface area contributed by atoms with Crippen LogP contribution in [0.1, 0.15) is 25.3 Å². The molecule has 0 radical (unpaired) electrons. The van der Waals surface area contributed by atoms with Crippen molar-refractivity contribution in [3.63, 3.8) is 0 Å². The van der Waals surface area contributed by atoms with Crippen molar-refractivity contribution in [1.82, 2.24) is 24.7 Å². The minimum absolute atomic E-state index is 0.182. The second-order valence-corrected chi connectivity index (χ2v) is 8.03. The van der Waals surface area contributed by atoms with Crippen LogP contribution >= 0.6 is 0 Å². The van der Waals surface area contributed by atoms with Gasteiger partial charge in [0, 0.05) is 57.7 Å². The van der Waals surface area contributed by atoms with Gasteiger partial charge in [-0.25, -0.2) is 14.8 Å². The van der Waals surface area contributed by atoms with E-state index in [-0.39, 0.29) is 6.09 Å². The van der Waals surface area contributed by atoms with E-state index in [2.05, 4.69) is 31.9 Å². The molecule has 3 heterocycles. The molecular weight excluding hydrogens is 394 g/mol. The summed E-state index contributed by atoms with van der Waals surface area (Å²) in [6.07, 6.45) is 5.58. The molecule has 2 saturated heterocycles. The van der Waals surface area contributed by atoms with Gasteiger partial charge >= 0.3 is 12.1 Å². The molecule has 0 spiro atoms. The van der Waals surface area contributed by atoms with E-state index in [1.54, 1.807) is 18.5 Å². The lowest BCUT2D eigenvalue weighted by atomic mass is 10.0. The summed E-state index contributed by atoms with van der Waals surface area (Å²) >= 11 is 0. The molecule has 2 aliphatic rings. The van der Waals surface area contributed by atoms with Crippen LogP contribution in [-0.2, 0) is 11.3 Å². The van der Waals surface area contributed by atoms with Crippen LogP contribution in [0.4, 0.5) is 4.79 Å². The second kappa shape index (κ2) is 10.5. The van der Waals surface area contributed by atoms with E-state index in [1.165, 1.54) is 18.4 Å². The number of aromatic nitrogens is 2. The molecule has 0 saturated carbocycles. The summed E-state index contributed by atoms with van der Waals surface area (Å²) in [5, 5.41) is 0. The van der Waals surface area contributed by atoms with E-state index in [9.17, 15) is 4.79 Å². The molecule has 1 amide bonds. The minimum atomic E-state index is -0.182. The Morgan fingerprint density at radius 1 is 1.06 bits per heavy atom. The number of hydrogen-bond acceptors (Lipinski definition) is 7. The third-order valence-corrected chi connectivity index (χ3v) is 5.92. The zero-order chi connectivity index (χ0) is 21.5. The van der Waals surface area contributed by atoms with Crippen molar-refractivity contribution in [2.45, 2.75) is 32.4 Å². The largest absolute Gasteiger partial charge is 0.450 e. The third-order valence-electron chi connectivity index (χ3n) is 5.92. The van der Waals surface area contributed by atoms with Crippen LogP contribution in [0.2, 0.25) is 0 Å². The minimum Gasteiger partial charge on any atom is -0.450 e. The Morgan fingerprint density at radius 3 is 2.52 bits per heavy atom. The number of carbonyl (C=O) groups excluding carboxylic acids is 1. The van der Waals surface area contributed by atoms with Crippen LogP contribution in [0.3, 0.4) is 0 Å². The van der Waals surface area contributed by atoms with Crippen molar-refractivity contribution in [3.05, 3.63) is 48.3 Å². The maximum Gasteiger partial charge on any atom is 0.409 e. The molecule has 166 valence electrons. The highest BCUT2D eigenvalue weighted by Crippen LogP contribution is 2.22. The molecule has 2 aromatic rings. The Labute approximate surface area is 183 Å². The quantitative estimate of drug-likeness (QED) is 0.705. The number of benzene rings is 1. The normalized spacial score (nSPS) is 20.4. The molecular formula is C23H31N5O3. The molecule has 0 aliphatic carbocycles. The Hall–Kier alpha value is -2.71. The van der Waals surface area contributed by atoms with Crippen molar-refractivity contribution in [3.8, 4) is 11.8 Å². The molecule has 1 unspecified atom stereocenters. The zero-order valence-electron chi connectivity index (χ0n) is 18.2. The maximum absolute atomic E-state index is 11.9. The third kappa shape index (κ3) is 5.92. The van der Waals surface area contributed by atoms with Crippen molar-refractivity contribution in [1.29, 1.82) is 0 Å². The van der Waals surface area contributed by atoms with Gasteiger partial charge in [0.2, 0.25) is 0 Å². The number of ether oxygens (including phenoxy) is 2. The van der Waals surface area contributed by atoms with Crippen LogP contribution < -0.4 is 4.74 Å². The highest BCUT2D eigenvalue weighted by atomic mass is 16.6. The summed E-state index contributed by atoms with van der Waals surface area (Å²) in [6.45, 7) is 8.75.